The largest absolute Gasteiger partial charge is 0.351 e. The van der Waals surface area contributed by atoms with E-state index in [4.69, 9.17) is 0 Å². The van der Waals surface area contributed by atoms with Gasteiger partial charge in [0.15, 0.2) is 0 Å². The molecule has 0 unspecified atom stereocenters. The number of carbonyl (C=O) groups excluding carboxylic acids is 1. The Kier molecular flexibility index (Phi) is 3.44. The van der Waals surface area contributed by atoms with Crippen molar-refractivity contribution in [2.45, 2.75) is 12.8 Å². The first-order valence-electron chi connectivity index (χ1n) is 5.34. The molecule has 0 saturated heterocycles. The van der Waals surface area contributed by atoms with Crippen LogP contribution in [0.3, 0.4) is 0 Å². The van der Waals surface area contributed by atoms with Crippen molar-refractivity contribution in [1.29, 1.82) is 0 Å². The molecule has 16 heavy (non-hydrogen) atoms. The second-order valence-electron chi connectivity index (χ2n) is 4.11. The molecule has 0 aliphatic heterocycles. The molecule has 1 N–H and O–H groups in total. The highest BCUT2D eigenvalue weighted by atomic mass is 79.9. The average Bonchev–Trinajstić information content (AvgIpc) is 2.69. The molecule has 0 radical (unpaired) electrons. The smallest absolute Gasteiger partial charge is 0.224 e. The molecule has 1 aromatic carbocycles. The fourth-order valence-corrected chi connectivity index (χ4v) is 2.21. The van der Waals surface area contributed by atoms with Crippen molar-refractivity contribution in [3.63, 3.8) is 0 Å². The fraction of sp³-hybridized carbons (Fsp3) is 0.308. The van der Waals surface area contributed by atoms with Gasteiger partial charge in [0, 0.05) is 16.9 Å². The highest BCUT2D eigenvalue weighted by molar-refractivity contribution is 9.11. The van der Waals surface area contributed by atoms with Gasteiger partial charge in [0.05, 0.1) is 0 Å². The van der Waals surface area contributed by atoms with Gasteiger partial charge in [-0.3, -0.25) is 4.79 Å². The monoisotopic (exact) mass is 279 g/mol. The lowest BCUT2D eigenvalue weighted by atomic mass is 10.1. The Balaban J connectivity index is 1.96. The number of rotatable bonds is 3. The first-order valence-corrected chi connectivity index (χ1v) is 6.14. The van der Waals surface area contributed by atoms with Gasteiger partial charge in [-0.1, -0.05) is 46.8 Å². The molecule has 2 rings (SSSR count). The van der Waals surface area contributed by atoms with Gasteiger partial charge in [-0.25, -0.2) is 0 Å². The van der Waals surface area contributed by atoms with Crippen LogP contribution in [0.4, 0.5) is 0 Å². The van der Waals surface area contributed by atoms with E-state index in [1.165, 1.54) is 11.1 Å². The Hall–Kier alpha value is -1.09. The van der Waals surface area contributed by atoms with Gasteiger partial charge in [0.1, 0.15) is 0 Å². The zero-order valence-electron chi connectivity index (χ0n) is 9.00. The summed E-state index contributed by atoms with van der Waals surface area (Å²) in [5.74, 6) is 0.209. The van der Waals surface area contributed by atoms with Crippen LogP contribution < -0.4 is 5.32 Å². The van der Waals surface area contributed by atoms with Gasteiger partial charge in [-0.15, -0.1) is 0 Å². The SMILES string of the molecule is C=C(Br)CNC(=O)C1Cc2ccccc2C1. The lowest BCUT2D eigenvalue weighted by Crippen LogP contribution is -2.31. The molecule has 0 bridgehead atoms. The van der Waals surface area contributed by atoms with Gasteiger partial charge in [-0.2, -0.15) is 0 Å². The van der Waals surface area contributed by atoms with Crippen molar-refractivity contribution in [3.05, 3.63) is 46.5 Å². The van der Waals surface area contributed by atoms with Crippen molar-refractivity contribution in [1.82, 2.24) is 5.32 Å². The van der Waals surface area contributed by atoms with Crippen molar-refractivity contribution in [2.24, 2.45) is 5.92 Å². The highest BCUT2D eigenvalue weighted by Gasteiger charge is 2.26. The molecule has 0 atom stereocenters. The minimum absolute atomic E-state index is 0.0873. The predicted molar refractivity (Wildman–Crippen MR) is 68.4 cm³/mol. The van der Waals surface area contributed by atoms with Crippen molar-refractivity contribution >= 4 is 21.8 Å². The number of halogens is 1. The van der Waals surface area contributed by atoms with E-state index < -0.39 is 0 Å². The normalized spacial score (nSPS) is 14.6. The third-order valence-corrected chi connectivity index (χ3v) is 3.16. The van der Waals surface area contributed by atoms with Crippen molar-refractivity contribution in [3.8, 4) is 0 Å². The lowest BCUT2D eigenvalue weighted by molar-refractivity contribution is -0.124. The molecular formula is C13H14BrNO. The van der Waals surface area contributed by atoms with E-state index in [1.54, 1.807) is 0 Å². The molecule has 1 aromatic rings. The Labute approximate surface area is 104 Å². The molecule has 1 aliphatic rings. The highest BCUT2D eigenvalue weighted by Crippen LogP contribution is 2.26. The Morgan fingerprint density at radius 2 is 1.94 bits per heavy atom. The first kappa shape index (κ1) is 11.4. The van der Waals surface area contributed by atoms with E-state index in [0.717, 1.165) is 17.3 Å². The number of hydrogen-bond donors (Lipinski definition) is 1. The summed E-state index contributed by atoms with van der Waals surface area (Å²) in [6.45, 7) is 4.20. The molecule has 2 nitrogen and oxygen atoms in total. The second-order valence-corrected chi connectivity index (χ2v) is 5.23. The van der Waals surface area contributed by atoms with Crippen LogP contribution in [0.2, 0.25) is 0 Å². The maximum absolute atomic E-state index is 11.8. The van der Waals surface area contributed by atoms with Crippen LogP contribution in [0.25, 0.3) is 0 Å². The molecule has 84 valence electrons. The van der Waals surface area contributed by atoms with E-state index in [9.17, 15) is 4.79 Å². The summed E-state index contributed by atoms with van der Waals surface area (Å²) >= 11 is 3.23. The maximum atomic E-state index is 11.8. The van der Waals surface area contributed by atoms with Crippen molar-refractivity contribution < 1.29 is 4.79 Å². The van der Waals surface area contributed by atoms with Crippen LogP contribution in [-0.2, 0) is 17.6 Å². The van der Waals surface area contributed by atoms with Crippen LogP contribution in [0, 0.1) is 5.92 Å². The molecule has 0 saturated carbocycles. The van der Waals surface area contributed by atoms with Crippen LogP contribution >= 0.6 is 15.9 Å². The molecular weight excluding hydrogens is 266 g/mol. The number of amides is 1. The third kappa shape index (κ3) is 2.53. The fourth-order valence-electron chi connectivity index (χ4n) is 2.07. The molecule has 0 heterocycles. The number of nitrogens with one attached hydrogen (secondary N) is 1. The zero-order chi connectivity index (χ0) is 11.5. The molecule has 0 fully saturated rings. The molecule has 1 aliphatic carbocycles. The summed E-state index contributed by atoms with van der Waals surface area (Å²) < 4.78 is 0.802. The minimum Gasteiger partial charge on any atom is -0.351 e. The standard InChI is InChI=1S/C13H14BrNO/c1-9(14)8-15-13(16)12-6-10-4-2-3-5-11(10)7-12/h2-5,12H,1,6-8H2,(H,15,16). The van der Waals surface area contributed by atoms with Gasteiger partial charge < -0.3 is 5.32 Å². The third-order valence-electron chi connectivity index (χ3n) is 2.88. The minimum atomic E-state index is 0.0873. The van der Waals surface area contributed by atoms with Crippen LogP contribution in [-0.4, -0.2) is 12.5 Å². The summed E-state index contributed by atoms with van der Waals surface area (Å²) in [6.07, 6.45) is 1.72. The predicted octanol–water partition coefficient (Wildman–Crippen LogP) is 2.43. The Morgan fingerprint density at radius 3 is 2.44 bits per heavy atom. The number of carbonyl (C=O) groups is 1. The first-order chi connectivity index (χ1) is 7.66. The Bertz CT molecular complexity index is 403. The summed E-state index contributed by atoms with van der Waals surface area (Å²) in [4.78, 5) is 11.8. The Morgan fingerprint density at radius 1 is 1.38 bits per heavy atom. The zero-order valence-corrected chi connectivity index (χ0v) is 10.6. The summed E-state index contributed by atoms with van der Waals surface area (Å²) in [5, 5.41) is 2.87. The summed E-state index contributed by atoms with van der Waals surface area (Å²) in [7, 11) is 0. The van der Waals surface area contributed by atoms with E-state index in [0.29, 0.717) is 6.54 Å². The molecule has 1 amide bonds. The van der Waals surface area contributed by atoms with E-state index in [1.807, 2.05) is 12.1 Å². The lowest BCUT2D eigenvalue weighted by Gasteiger charge is -2.09. The average molecular weight is 280 g/mol. The molecule has 3 heteroatoms. The van der Waals surface area contributed by atoms with Gasteiger partial charge in [0.25, 0.3) is 0 Å². The van der Waals surface area contributed by atoms with E-state index >= 15 is 0 Å². The van der Waals surface area contributed by atoms with Gasteiger partial charge in [0.2, 0.25) is 5.91 Å². The summed E-state index contributed by atoms with van der Waals surface area (Å²) in [6, 6.07) is 8.26. The number of benzene rings is 1. The van der Waals surface area contributed by atoms with E-state index in [-0.39, 0.29) is 11.8 Å². The van der Waals surface area contributed by atoms with Crippen molar-refractivity contribution in [2.75, 3.05) is 6.54 Å². The van der Waals surface area contributed by atoms with Crippen LogP contribution in [0.1, 0.15) is 11.1 Å². The van der Waals surface area contributed by atoms with E-state index in [2.05, 4.69) is 40.0 Å². The van der Waals surface area contributed by atoms with Gasteiger partial charge >= 0.3 is 0 Å². The topological polar surface area (TPSA) is 29.1 Å². The maximum Gasteiger partial charge on any atom is 0.224 e. The molecule has 0 aromatic heterocycles. The van der Waals surface area contributed by atoms with Gasteiger partial charge in [-0.05, 0) is 24.0 Å². The molecule has 0 spiro atoms. The summed E-state index contributed by atoms with van der Waals surface area (Å²) in [5.41, 5.74) is 2.61. The number of fused-ring (bicyclic) bond motifs is 1. The quantitative estimate of drug-likeness (QED) is 0.905. The van der Waals surface area contributed by atoms with Crippen LogP contribution in [0.15, 0.2) is 35.3 Å². The second kappa shape index (κ2) is 4.83. The van der Waals surface area contributed by atoms with Crippen LogP contribution in [0.5, 0.6) is 0 Å². The number of hydrogen-bond acceptors (Lipinski definition) is 1.